The van der Waals surface area contributed by atoms with Crippen molar-refractivity contribution in [1.29, 1.82) is 0 Å². The van der Waals surface area contributed by atoms with Gasteiger partial charge in [0, 0.05) is 16.9 Å². The standard InChI is InChI=1S/C6H5NO3S.C6H7NO3S/c7-4-1-3-2-5(6(3)4)11(8,9)10;7-5-2-1-3-6(4-5)11(8,9)10/h1-2H,7H2,(H,8,9,10);1-4H,7H2,(H,8,9,10). The van der Waals surface area contributed by atoms with Crippen LogP contribution >= 0.6 is 0 Å². The molecule has 0 amide bonds. The molecule has 0 atom stereocenters. The quantitative estimate of drug-likeness (QED) is 0.395. The first-order chi connectivity index (χ1) is 10.00. The Kier molecular flexibility index (Phi) is 3.87. The summed E-state index contributed by atoms with van der Waals surface area (Å²) in [6.07, 6.45) is 0. The maximum absolute atomic E-state index is 10.5. The zero-order valence-electron chi connectivity index (χ0n) is 11.0. The molecule has 0 bridgehead atoms. The molecule has 3 rings (SSSR count). The zero-order valence-corrected chi connectivity index (χ0v) is 12.6. The minimum atomic E-state index is -4.11. The Morgan fingerprint density at radius 2 is 1.50 bits per heavy atom. The molecule has 22 heavy (non-hydrogen) atoms. The van der Waals surface area contributed by atoms with Crippen LogP contribution in [-0.4, -0.2) is 25.9 Å². The molecular formula is C12H12N2O6S2. The summed E-state index contributed by atoms with van der Waals surface area (Å²) in [6.45, 7) is 0. The van der Waals surface area contributed by atoms with Crippen molar-refractivity contribution in [3.05, 3.63) is 36.4 Å². The number of hydrogen-bond donors (Lipinski definition) is 4. The van der Waals surface area contributed by atoms with Crippen molar-refractivity contribution in [3.63, 3.8) is 0 Å². The summed E-state index contributed by atoms with van der Waals surface area (Å²) in [4.78, 5) is -0.245. The summed E-state index contributed by atoms with van der Waals surface area (Å²) >= 11 is 0. The lowest BCUT2D eigenvalue weighted by Gasteiger charge is -2.21. The lowest BCUT2D eigenvalue weighted by Crippen LogP contribution is -2.11. The predicted molar refractivity (Wildman–Crippen MR) is 80.3 cm³/mol. The number of benzene rings is 2. The molecule has 1 aromatic carbocycles. The maximum atomic E-state index is 10.5. The number of nitrogens with two attached hydrogens (primary N) is 2. The van der Waals surface area contributed by atoms with Gasteiger partial charge in [0.25, 0.3) is 20.2 Å². The first-order valence-corrected chi connectivity index (χ1v) is 8.62. The van der Waals surface area contributed by atoms with E-state index >= 15 is 0 Å². The largest absolute Gasteiger partial charge is 0.399 e. The molecule has 0 unspecified atom stereocenters. The van der Waals surface area contributed by atoms with Gasteiger partial charge in [0.15, 0.2) is 0 Å². The highest BCUT2D eigenvalue weighted by molar-refractivity contribution is 7.86. The fraction of sp³-hybridized carbons (Fsp3) is 0. The van der Waals surface area contributed by atoms with Gasteiger partial charge in [0.05, 0.1) is 4.90 Å². The van der Waals surface area contributed by atoms with Gasteiger partial charge >= 0.3 is 0 Å². The van der Waals surface area contributed by atoms with Crippen LogP contribution in [0.3, 0.4) is 0 Å². The van der Waals surface area contributed by atoms with Gasteiger partial charge in [0.2, 0.25) is 0 Å². The third kappa shape index (κ3) is 3.20. The van der Waals surface area contributed by atoms with E-state index in [4.69, 9.17) is 20.6 Å². The molecule has 0 fully saturated rings. The molecule has 0 heterocycles. The van der Waals surface area contributed by atoms with E-state index in [0.717, 1.165) is 5.56 Å². The topological polar surface area (TPSA) is 161 Å². The molecule has 118 valence electrons. The van der Waals surface area contributed by atoms with E-state index in [9.17, 15) is 16.8 Å². The van der Waals surface area contributed by atoms with Gasteiger partial charge in [-0.1, -0.05) is 6.07 Å². The monoisotopic (exact) mass is 344 g/mol. The molecule has 0 radical (unpaired) electrons. The van der Waals surface area contributed by atoms with E-state index in [1.54, 1.807) is 6.07 Å². The highest BCUT2D eigenvalue weighted by Gasteiger charge is 2.29. The molecule has 0 aliphatic heterocycles. The first-order valence-electron chi connectivity index (χ1n) is 5.74. The SMILES string of the molecule is Nc1cc2cc(S(=O)(=O)O)c1-2.Nc1cccc(S(=O)(=O)O)c1. The summed E-state index contributed by atoms with van der Waals surface area (Å²) in [5.74, 6) is 0. The van der Waals surface area contributed by atoms with Crippen molar-refractivity contribution in [3.8, 4) is 11.1 Å². The van der Waals surface area contributed by atoms with E-state index in [1.165, 1.54) is 30.3 Å². The second-order valence-electron chi connectivity index (χ2n) is 4.46. The Morgan fingerprint density at radius 3 is 1.82 bits per heavy atom. The number of hydrogen-bond acceptors (Lipinski definition) is 6. The normalized spacial score (nSPS) is 12.3. The van der Waals surface area contributed by atoms with Crippen molar-refractivity contribution in [2.75, 3.05) is 11.5 Å². The van der Waals surface area contributed by atoms with Gasteiger partial charge in [-0.25, -0.2) is 0 Å². The molecule has 0 saturated heterocycles. The maximum Gasteiger partial charge on any atom is 0.295 e. The average Bonchev–Trinajstić information content (AvgIpc) is 2.33. The highest BCUT2D eigenvalue weighted by Crippen LogP contribution is 2.45. The lowest BCUT2D eigenvalue weighted by molar-refractivity contribution is 0.480. The first kappa shape index (κ1) is 16.2. The smallest absolute Gasteiger partial charge is 0.295 e. The Bertz CT molecular complexity index is 914. The molecule has 10 heteroatoms. The van der Waals surface area contributed by atoms with Crippen molar-refractivity contribution in [2.24, 2.45) is 0 Å². The van der Waals surface area contributed by atoms with Crippen LogP contribution < -0.4 is 11.5 Å². The van der Waals surface area contributed by atoms with E-state index in [0.29, 0.717) is 16.9 Å². The predicted octanol–water partition coefficient (Wildman–Crippen LogP) is 1.01. The Hall–Kier alpha value is -2.14. The lowest BCUT2D eigenvalue weighted by atomic mass is 9.91. The Labute approximate surface area is 126 Å². The fourth-order valence-corrected chi connectivity index (χ4v) is 3.12. The highest BCUT2D eigenvalue weighted by atomic mass is 32.2. The van der Waals surface area contributed by atoms with Crippen LogP contribution in [0.1, 0.15) is 0 Å². The fourth-order valence-electron chi connectivity index (χ4n) is 1.81. The van der Waals surface area contributed by atoms with E-state index < -0.39 is 20.2 Å². The van der Waals surface area contributed by atoms with Crippen LogP contribution in [0, 0.1) is 0 Å². The number of nitrogen functional groups attached to an aromatic ring is 2. The van der Waals surface area contributed by atoms with Crippen molar-refractivity contribution in [1.82, 2.24) is 0 Å². The number of anilines is 2. The molecule has 0 saturated carbocycles. The van der Waals surface area contributed by atoms with Gasteiger partial charge in [-0.15, -0.1) is 0 Å². The number of fused-ring (bicyclic) bond motifs is 1. The Balaban J connectivity index is 0.000000160. The molecule has 0 aromatic heterocycles. The molecule has 6 N–H and O–H groups in total. The number of rotatable bonds is 2. The van der Waals surface area contributed by atoms with Gasteiger partial charge in [0.1, 0.15) is 4.90 Å². The summed E-state index contributed by atoms with van der Waals surface area (Å²) in [7, 11) is -8.15. The van der Waals surface area contributed by atoms with Crippen LogP contribution in [0.15, 0.2) is 46.2 Å². The van der Waals surface area contributed by atoms with Crippen LogP contribution in [0.25, 0.3) is 11.1 Å². The average molecular weight is 344 g/mol. The molecular weight excluding hydrogens is 332 g/mol. The van der Waals surface area contributed by atoms with Crippen molar-refractivity contribution < 1.29 is 25.9 Å². The van der Waals surface area contributed by atoms with E-state index in [2.05, 4.69) is 0 Å². The molecule has 2 aliphatic rings. The Morgan fingerprint density at radius 1 is 0.864 bits per heavy atom. The van der Waals surface area contributed by atoms with E-state index in [-0.39, 0.29) is 9.79 Å². The van der Waals surface area contributed by atoms with E-state index in [1.807, 2.05) is 0 Å². The van der Waals surface area contributed by atoms with Gasteiger partial charge in [-0.3, -0.25) is 9.11 Å². The minimum Gasteiger partial charge on any atom is -0.399 e. The van der Waals surface area contributed by atoms with Crippen molar-refractivity contribution >= 4 is 31.6 Å². The van der Waals surface area contributed by atoms with Gasteiger partial charge in [-0.2, -0.15) is 16.8 Å². The van der Waals surface area contributed by atoms with Crippen LogP contribution in [0.2, 0.25) is 0 Å². The summed E-state index contributed by atoms with van der Waals surface area (Å²) in [5, 5.41) is 0. The molecule has 1 aromatic rings. The second-order valence-corrected chi connectivity index (χ2v) is 7.27. The van der Waals surface area contributed by atoms with Crippen LogP contribution in [0.4, 0.5) is 11.4 Å². The molecule has 0 spiro atoms. The second kappa shape index (κ2) is 5.25. The third-order valence-corrected chi connectivity index (χ3v) is 4.58. The van der Waals surface area contributed by atoms with Crippen LogP contribution in [0.5, 0.6) is 0 Å². The summed E-state index contributed by atoms with van der Waals surface area (Å²) < 4.78 is 59.1. The van der Waals surface area contributed by atoms with Crippen molar-refractivity contribution in [2.45, 2.75) is 9.79 Å². The summed E-state index contributed by atoms with van der Waals surface area (Å²) in [5.41, 5.74) is 12.6. The molecule has 8 nitrogen and oxygen atoms in total. The minimum absolute atomic E-state index is 0.0625. The zero-order chi connectivity index (χ0) is 16.7. The third-order valence-electron chi connectivity index (χ3n) is 2.86. The van der Waals surface area contributed by atoms with Gasteiger partial charge < -0.3 is 11.5 Å². The van der Waals surface area contributed by atoms with Gasteiger partial charge in [-0.05, 0) is 35.9 Å². The molecule has 2 aliphatic carbocycles. The summed E-state index contributed by atoms with van der Waals surface area (Å²) in [6, 6.07) is 8.50. The van der Waals surface area contributed by atoms with Crippen LogP contribution in [-0.2, 0) is 20.2 Å².